The van der Waals surface area contributed by atoms with Crippen LogP contribution in [0, 0.1) is 10.8 Å². The summed E-state index contributed by atoms with van der Waals surface area (Å²) in [6.07, 6.45) is 1.12. The van der Waals surface area contributed by atoms with Crippen LogP contribution in [0.2, 0.25) is 0 Å². The number of carbonyl (C=O) groups excluding carboxylic acids is 1. The molecule has 0 spiro atoms. The van der Waals surface area contributed by atoms with Crippen LogP contribution in [-0.2, 0) is 4.79 Å². The molecule has 7 nitrogen and oxygen atoms in total. The summed E-state index contributed by atoms with van der Waals surface area (Å²) in [7, 11) is 1.01. The minimum Gasteiger partial charge on any atom is -0.352 e. The number of hydrogen-bond acceptors (Lipinski definition) is 4. The third-order valence-electron chi connectivity index (χ3n) is 5.47. The van der Waals surface area contributed by atoms with Crippen molar-refractivity contribution < 1.29 is 27.2 Å². The van der Waals surface area contributed by atoms with Gasteiger partial charge in [0, 0.05) is 51.0 Å². The van der Waals surface area contributed by atoms with Crippen molar-refractivity contribution in [2.24, 2.45) is 5.92 Å². The molecule has 0 saturated carbocycles. The van der Waals surface area contributed by atoms with Gasteiger partial charge in [0.2, 0.25) is 12.5 Å². The molecule has 0 aromatic heterocycles. The van der Waals surface area contributed by atoms with Crippen LogP contribution < -0.4 is 10.6 Å². The van der Waals surface area contributed by atoms with Crippen molar-refractivity contribution in [1.29, 1.82) is 0 Å². The second kappa shape index (κ2) is 9.64. The van der Waals surface area contributed by atoms with Gasteiger partial charge in [0.15, 0.2) is 0 Å². The lowest BCUT2D eigenvalue weighted by Crippen LogP contribution is -2.60. The van der Waals surface area contributed by atoms with Gasteiger partial charge in [-0.2, -0.15) is 8.78 Å². The number of piperidine rings is 2. The molecule has 0 radical (unpaired) electrons. The van der Waals surface area contributed by atoms with Gasteiger partial charge in [-0.1, -0.05) is 11.6 Å². The van der Waals surface area contributed by atoms with E-state index >= 15 is 0 Å². The number of amides is 1. The molecule has 3 atom stereocenters. The molecule has 28 heavy (non-hydrogen) atoms. The molecule has 2 N–H and O–H groups in total. The summed E-state index contributed by atoms with van der Waals surface area (Å²) in [5.74, 6) is -3.06. The fourth-order valence-corrected chi connectivity index (χ4v) is 3.72. The van der Waals surface area contributed by atoms with Gasteiger partial charge in [0.25, 0.3) is 5.92 Å². The molecule has 2 fully saturated rings. The van der Waals surface area contributed by atoms with E-state index in [1.807, 2.05) is 4.90 Å². The lowest BCUT2D eigenvalue weighted by atomic mass is 9.86. The van der Waals surface area contributed by atoms with Crippen molar-refractivity contribution in [3.63, 3.8) is 0 Å². The van der Waals surface area contributed by atoms with E-state index in [1.165, 1.54) is 0 Å². The molecule has 1 amide bonds. The first kappa shape index (κ1) is 22.5. The van der Waals surface area contributed by atoms with Crippen molar-refractivity contribution in [2.45, 2.75) is 43.8 Å². The standard InChI is InChI=1S/C17H27F4N5O2/c1-3-15(27)23-10-12-9-22-13(11-26(28)24(2)16(18)19)8-14(12)25-6-4-17(20,21)5-7-25/h3,12-14,16,22H,1,4-11H2,2H3/p+1. The number of rotatable bonds is 8. The molecule has 160 valence electrons. The normalized spacial score (nSPS) is 28.0. The van der Waals surface area contributed by atoms with E-state index in [1.54, 1.807) is 0 Å². The Labute approximate surface area is 161 Å². The highest BCUT2D eigenvalue weighted by Crippen LogP contribution is 2.32. The van der Waals surface area contributed by atoms with Crippen LogP contribution in [0.25, 0.3) is 0 Å². The summed E-state index contributed by atoms with van der Waals surface area (Å²) in [4.78, 5) is 25.6. The molecule has 2 rings (SSSR count). The van der Waals surface area contributed by atoms with Gasteiger partial charge >= 0.3 is 6.55 Å². The first-order valence-corrected chi connectivity index (χ1v) is 9.34. The zero-order valence-corrected chi connectivity index (χ0v) is 15.9. The predicted octanol–water partition coefficient (Wildman–Crippen LogP) is 1.21. The molecule has 0 aliphatic carbocycles. The van der Waals surface area contributed by atoms with Gasteiger partial charge in [-0.15, -0.1) is 0 Å². The van der Waals surface area contributed by atoms with Crippen molar-refractivity contribution in [2.75, 3.05) is 39.8 Å². The Morgan fingerprint density at radius 3 is 2.64 bits per heavy atom. The minimum absolute atomic E-state index is 0.0557. The van der Waals surface area contributed by atoms with Crippen molar-refractivity contribution in [3.05, 3.63) is 17.6 Å². The van der Waals surface area contributed by atoms with Gasteiger partial charge in [0.1, 0.15) is 4.87 Å². The van der Waals surface area contributed by atoms with Gasteiger partial charge in [-0.05, 0) is 12.5 Å². The maximum atomic E-state index is 13.5. The molecule has 0 bridgehead atoms. The van der Waals surface area contributed by atoms with E-state index < -0.39 is 12.5 Å². The van der Waals surface area contributed by atoms with Crippen LogP contribution in [0.5, 0.6) is 0 Å². The third kappa shape index (κ3) is 6.13. The molecule has 3 unspecified atom stereocenters. The lowest BCUT2D eigenvalue weighted by Gasteiger charge is -2.45. The number of hydrazine groups is 1. The summed E-state index contributed by atoms with van der Waals surface area (Å²) >= 11 is 0. The Morgan fingerprint density at radius 1 is 1.43 bits per heavy atom. The van der Waals surface area contributed by atoms with Gasteiger partial charge in [-0.3, -0.25) is 9.69 Å². The topological polar surface area (TPSA) is 67.7 Å². The van der Waals surface area contributed by atoms with Crippen molar-refractivity contribution >= 4 is 5.91 Å². The molecule has 2 heterocycles. The average molecular weight is 410 g/mol. The first-order chi connectivity index (χ1) is 13.1. The summed E-state index contributed by atoms with van der Waals surface area (Å²) in [6.45, 7) is 1.53. The van der Waals surface area contributed by atoms with Crippen LogP contribution in [-0.4, -0.2) is 85.0 Å². The van der Waals surface area contributed by atoms with Crippen LogP contribution in [0.15, 0.2) is 12.7 Å². The SMILES string of the molecule is C=CC(=O)NCC1CNC(C[N+](=O)N(C)C(F)F)CC1N1CCC(F)(F)CC1. The Hall–Kier alpha value is -1.75. The van der Waals surface area contributed by atoms with Gasteiger partial charge < -0.3 is 10.6 Å². The second-order valence-electron chi connectivity index (χ2n) is 7.40. The van der Waals surface area contributed by atoms with Crippen LogP contribution in [0.1, 0.15) is 19.3 Å². The summed E-state index contributed by atoms with van der Waals surface area (Å²) in [6, 6.07) is -0.504. The molecular weight excluding hydrogens is 382 g/mol. The van der Waals surface area contributed by atoms with E-state index in [4.69, 9.17) is 0 Å². The summed E-state index contributed by atoms with van der Waals surface area (Å²) in [5, 5.41) is 6.19. The van der Waals surface area contributed by atoms with Crippen molar-refractivity contribution in [1.82, 2.24) is 20.5 Å². The number of nitrogens with zero attached hydrogens (tertiary/aromatic N) is 3. The highest BCUT2D eigenvalue weighted by molar-refractivity contribution is 5.86. The Bertz CT molecular complexity index is 568. The molecular formula is C17H28F4N5O2+. The predicted molar refractivity (Wildman–Crippen MR) is 94.9 cm³/mol. The smallest absolute Gasteiger partial charge is 0.352 e. The number of likely N-dealkylation sites (tertiary alicyclic amines) is 1. The van der Waals surface area contributed by atoms with Crippen LogP contribution >= 0.6 is 0 Å². The Balaban J connectivity index is 2.02. The van der Waals surface area contributed by atoms with E-state index in [-0.39, 0.29) is 61.3 Å². The van der Waals surface area contributed by atoms with E-state index in [0.717, 1.165) is 13.1 Å². The van der Waals surface area contributed by atoms with E-state index in [9.17, 15) is 27.3 Å². The summed E-state index contributed by atoms with van der Waals surface area (Å²) in [5.41, 5.74) is 0. The van der Waals surface area contributed by atoms with Crippen LogP contribution in [0.4, 0.5) is 17.6 Å². The Morgan fingerprint density at radius 2 is 2.07 bits per heavy atom. The zero-order valence-electron chi connectivity index (χ0n) is 15.9. The molecule has 2 saturated heterocycles. The molecule has 2 aliphatic rings. The highest BCUT2D eigenvalue weighted by Gasteiger charge is 2.42. The monoisotopic (exact) mass is 410 g/mol. The number of hydrogen-bond donors (Lipinski definition) is 2. The number of nitrogens with one attached hydrogen (secondary N) is 2. The average Bonchev–Trinajstić information content (AvgIpc) is 2.65. The van der Waals surface area contributed by atoms with Gasteiger partial charge in [-0.25, -0.2) is 8.78 Å². The quantitative estimate of drug-likeness (QED) is 0.207. The first-order valence-electron chi connectivity index (χ1n) is 9.34. The van der Waals surface area contributed by atoms with Gasteiger partial charge in [0.05, 0.1) is 18.0 Å². The Kier molecular flexibility index (Phi) is 7.76. The number of halogens is 4. The number of carbonyl (C=O) groups is 1. The second-order valence-corrected chi connectivity index (χ2v) is 7.40. The fourth-order valence-electron chi connectivity index (χ4n) is 3.72. The maximum Gasteiger partial charge on any atom is 0.362 e. The third-order valence-corrected chi connectivity index (χ3v) is 5.47. The highest BCUT2D eigenvalue weighted by atomic mass is 19.3. The summed E-state index contributed by atoms with van der Waals surface area (Å²) < 4.78 is 52.4. The molecule has 11 heteroatoms. The zero-order chi connectivity index (χ0) is 20.9. The lowest BCUT2D eigenvalue weighted by molar-refractivity contribution is -0.723. The number of alkyl halides is 4. The largest absolute Gasteiger partial charge is 0.362 e. The molecule has 0 aromatic rings. The van der Waals surface area contributed by atoms with E-state index in [0.29, 0.717) is 24.5 Å². The fraction of sp³-hybridized carbons (Fsp3) is 0.824. The molecule has 2 aliphatic heterocycles. The van der Waals surface area contributed by atoms with Crippen molar-refractivity contribution in [3.8, 4) is 0 Å². The van der Waals surface area contributed by atoms with Crippen LogP contribution in [0.3, 0.4) is 0 Å². The molecule has 0 aromatic carbocycles. The number of nitroso groups, excluding NO2 is 1. The van der Waals surface area contributed by atoms with E-state index in [2.05, 4.69) is 17.2 Å². The minimum atomic E-state index is -2.90. The maximum absolute atomic E-state index is 13.5.